The van der Waals surface area contributed by atoms with E-state index in [4.69, 9.17) is 16.3 Å². The van der Waals surface area contributed by atoms with Gasteiger partial charge >= 0.3 is 0 Å². The molecule has 0 aromatic heterocycles. The number of hydrogen-bond donors (Lipinski definition) is 1. The Hall–Kier alpha value is -1.11. The first-order chi connectivity index (χ1) is 8.99. The Morgan fingerprint density at radius 2 is 2.00 bits per heavy atom. The van der Waals surface area contributed by atoms with Gasteiger partial charge in [0.2, 0.25) is 5.91 Å². The van der Waals surface area contributed by atoms with Crippen molar-refractivity contribution in [2.45, 2.75) is 17.7 Å². The molecule has 1 N–H and O–H groups in total. The predicted octanol–water partition coefficient (Wildman–Crippen LogP) is 1.57. The summed E-state index contributed by atoms with van der Waals surface area (Å²) in [5.41, 5.74) is 0. The first-order valence-electron chi connectivity index (χ1n) is 5.89. The van der Waals surface area contributed by atoms with Gasteiger partial charge in [0, 0.05) is 24.2 Å². The van der Waals surface area contributed by atoms with Crippen molar-refractivity contribution < 1.29 is 17.9 Å². The van der Waals surface area contributed by atoms with Crippen molar-refractivity contribution >= 4 is 27.5 Å². The van der Waals surface area contributed by atoms with Gasteiger partial charge in [-0.2, -0.15) is 0 Å². The van der Waals surface area contributed by atoms with Crippen molar-refractivity contribution in [2.24, 2.45) is 5.92 Å². The molecule has 1 saturated heterocycles. The number of sulfonamides is 1. The van der Waals surface area contributed by atoms with Gasteiger partial charge < -0.3 is 4.74 Å². The molecule has 2 rings (SSSR count). The summed E-state index contributed by atoms with van der Waals surface area (Å²) < 4.78 is 31.3. The molecule has 7 heteroatoms. The Balaban J connectivity index is 2.10. The van der Waals surface area contributed by atoms with E-state index in [1.807, 2.05) is 0 Å². The van der Waals surface area contributed by atoms with Gasteiger partial charge in [0.25, 0.3) is 10.0 Å². The first-order valence-corrected chi connectivity index (χ1v) is 7.75. The predicted molar refractivity (Wildman–Crippen MR) is 70.3 cm³/mol. The Kier molecular flexibility index (Phi) is 4.44. The molecule has 0 radical (unpaired) electrons. The van der Waals surface area contributed by atoms with Crippen LogP contribution in [0, 0.1) is 5.92 Å². The number of ether oxygens (including phenoxy) is 1. The van der Waals surface area contributed by atoms with Crippen molar-refractivity contribution in [1.82, 2.24) is 4.72 Å². The highest BCUT2D eigenvalue weighted by Crippen LogP contribution is 2.18. The molecule has 104 valence electrons. The lowest BCUT2D eigenvalue weighted by atomic mass is 10.0. The SMILES string of the molecule is O=C(NS(=O)(=O)c1cccc(Cl)c1)C1CCOCC1. The third-order valence-corrected chi connectivity index (χ3v) is 4.51. The zero-order valence-electron chi connectivity index (χ0n) is 10.1. The maximum absolute atomic E-state index is 12.0. The fourth-order valence-electron chi connectivity index (χ4n) is 1.87. The maximum atomic E-state index is 12.0. The lowest BCUT2D eigenvalue weighted by Crippen LogP contribution is -2.38. The van der Waals surface area contributed by atoms with Crippen molar-refractivity contribution in [1.29, 1.82) is 0 Å². The molecule has 19 heavy (non-hydrogen) atoms. The number of benzene rings is 1. The van der Waals surface area contributed by atoms with E-state index in [-0.39, 0.29) is 10.8 Å². The van der Waals surface area contributed by atoms with Crippen LogP contribution in [0.15, 0.2) is 29.2 Å². The average Bonchev–Trinajstić information content (AvgIpc) is 2.39. The summed E-state index contributed by atoms with van der Waals surface area (Å²) in [6, 6.07) is 5.79. The van der Waals surface area contributed by atoms with Crippen LogP contribution in [0.25, 0.3) is 0 Å². The smallest absolute Gasteiger partial charge is 0.264 e. The normalized spacial score (nSPS) is 17.1. The van der Waals surface area contributed by atoms with Crippen LogP contribution in [0.5, 0.6) is 0 Å². The third-order valence-electron chi connectivity index (χ3n) is 2.93. The molecule has 0 bridgehead atoms. The molecule has 1 aliphatic heterocycles. The lowest BCUT2D eigenvalue weighted by molar-refractivity contribution is -0.125. The first kappa shape index (κ1) is 14.3. The number of carbonyl (C=O) groups is 1. The molecule has 1 aromatic carbocycles. The van der Waals surface area contributed by atoms with Crippen molar-refractivity contribution in [3.05, 3.63) is 29.3 Å². The standard InChI is InChI=1S/C12H14ClNO4S/c13-10-2-1-3-11(8-10)19(16,17)14-12(15)9-4-6-18-7-5-9/h1-3,8-9H,4-7H2,(H,14,15). The average molecular weight is 304 g/mol. The van der Waals surface area contributed by atoms with Crippen molar-refractivity contribution in [3.63, 3.8) is 0 Å². The van der Waals surface area contributed by atoms with Gasteiger partial charge in [0.05, 0.1) is 4.90 Å². The fourth-order valence-corrected chi connectivity index (χ4v) is 3.21. The van der Waals surface area contributed by atoms with Crippen LogP contribution < -0.4 is 4.72 Å². The van der Waals surface area contributed by atoms with E-state index < -0.39 is 15.9 Å². The van der Waals surface area contributed by atoms with E-state index in [0.717, 1.165) is 0 Å². The molecule has 1 aliphatic rings. The second kappa shape index (κ2) is 5.90. The number of amides is 1. The van der Waals surface area contributed by atoms with Gasteiger partial charge in [0.1, 0.15) is 0 Å². The van der Waals surface area contributed by atoms with Gasteiger partial charge in [0.15, 0.2) is 0 Å². The van der Waals surface area contributed by atoms with Crippen molar-refractivity contribution in [3.8, 4) is 0 Å². The molecule has 0 atom stereocenters. The summed E-state index contributed by atoms with van der Waals surface area (Å²) in [6.45, 7) is 0.963. The van der Waals surface area contributed by atoms with Crippen LogP contribution in [0.4, 0.5) is 0 Å². The van der Waals surface area contributed by atoms with Gasteiger partial charge in [-0.1, -0.05) is 17.7 Å². The van der Waals surface area contributed by atoms with E-state index in [2.05, 4.69) is 4.72 Å². The zero-order valence-corrected chi connectivity index (χ0v) is 11.7. The Morgan fingerprint density at radius 1 is 1.32 bits per heavy atom. The van der Waals surface area contributed by atoms with E-state index in [1.54, 1.807) is 6.07 Å². The molecule has 0 spiro atoms. The molecule has 0 aliphatic carbocycles. The van der Waals surface area contributed by atoms with E-state index in [9.17, 15) is 13.2 Å². The summed E-state index contributed by atoms with van der Waals surface area (Å²) in [6.07, 6.45) is 1.08. The number of rotatable bonds is 3. The van der Waals surface area contributed by atoms with Crippen LogP contribution in [0.3, 0.4) is 0 Å². The fraction of sp³-hybridized carbons (Fsp3) is 0.417. The van der Waals surface area contributed by atoms with Crippen molar-refractivity contribution in [2.75, 3.05) is 13.2 Å². The van der Waals surface area contributed by atoms with E-state index in [0.29, 0.717) is 31.1 Å². The number of hydrogen-bond acceptors (Lipinski definition) is 4. The third kappa shape index (κ3) is 3.68. The second-order valence-electron chi connectivity index (χ2n) is 4.31. The Bertz CT molecular complexity index is 567. The quantitative estimate of drug-likeness (QED) is 0.920. The minimum absolute atomic E-state index is 0.0135. The molecule has 5 nitrogen and oxygen atoms in total. The van der Waals surface area contributed by atoms with E-state index in [1.165, 1.54) is 18.2 Å². The Morgan fingerprint density at radius 3 is 2.63 bits per heavy atom. The highest BCUT2D eigenvalue weighted by Gasteiger charge is 2.26. The highest BCUT2D eigenvalue weighted by atomic mass is 35.5. The van der Waals surface area contributed by atoms with Crippen LogP contribution in [0.1, 0.15) is 12.8 Å². The zero-order chi connectivity index (χ0) is 13.9. The molecule has 1 amide bonds. The molecular weight excluding hydrogens is 290 g/mol. The summed E-state index contributed by atoms with van der Waals surface area (Å²) in [7, 11) is -3.86. The lowest BCUT2D eigenvalue weighted by Gasteiger charge is -2.21. The molecule has 0 saturated carbocycles. The number of nitrogens with one attached hydrogen (secondary N) is 1. The molecular formula is C12H14ClNO4S. The largest absolute Gasteiger partial charge is 0.381 e. The molecule has 0 unspecified atom stereocenters. The molecule has 1 aromatic rings. The van der Waals surface area contributed by atoms with Crippen LogP contribution in [-0.2, 0) is 19.6 Å². The van der Waals surface area contributed by atoms with Crippen LogP contribution in [-0.4, -0.2) is 27.5 Å². The molecule has 1 heterocycles. The molecule has 1 fully saturated rings. The second-order valence-corrected chi connectivity index (χ2v) is 6.43. The summed E-state index contributed by atoms with van der Waals surface area (Å²) in [5.74, 6) is -0.800. The Labute approximate surface area is 117 Å². The number of carbonyl (C=O) groups excluding carboxylic acids is 1. The van der Waals surface area contributed by atoms with Crippen LogP contribution >= 0.6 is 11.6 Å². The monoisotopic (exact) mass is 303 g/mol. The van der Waals surface area contributed by atoms with E-state index >= 15 is 0 Å². The summed E-state index contributed by atoms with van der Waals surface area (Å²) in [4.78, 5) is 11.9. The summed E-state index contributed by atoms with van der Waals surface area (Å²) in [5, 5.41) is 0.307. The van der Waals surface area contributed by atoms with Crippen LogP contribution in [0.2, 0.25) is 5.02 Å². The highest BCUT2D eigenvalue weighted by molar-refractivity contribution is 7.90. The number of halogens is 1. The van der Waals surface area contributed by atoms with Gasteiger partial charge in [-0.3, -0.25) is 4.79 Å². The minimum atomic E-state index is -3.86. The van der Waals surface area contributed by atoms with Gasteiger partial charge in [-0.25, -0.2) is 13.1 Å². The van der Waals surface area contributed by atoms with Gasteiger partial charge in [-0.15, -0.1) is 0 Å². The maximum Gasteiger partial charge on any atom is 0.264 e. The topological polar surface area (TPSA) is 72.5 Å². The minimum Gasteiger partial charge on any atom is -0.381 e. The summed E-state index contributed by atoms with van der Waals surface area (Å²) >= 11 is 5.74. The van der Waals surface area contributed by atoms with Gasteiger partial charge in [-0.05, 0) is 31.0 Å².